The van der Waals surface area contributed by atoms with E-state index in [0.29, 0.717) is 12.1 Å². The summed E-state index contributed by atoms with van der Waals surface area (Å²) in [6.45, 7) is -0.213. The number of nitro groups is 1. The van der Waals surface area contributed by atoms with E-state index in [1.165, 1.54) is 6.92 Å². The molecule has 0 radical (unpaired) electrons. The van der Waals surface area contributed by atoms with Crippen LogP contribution in [0.25, 0.3) is 0 Å². The largest absolute Gasteiger partial charge is 0.435 e. The van der Waals surface area contributed by atoms with Crippen molar-refractivity contribution in [1.82, 2.24) is 0 Å². The van der Waals surface area contributed by atoms with Crippen LogP contribution in [0.3, 0.4) is 0 Å². The first-order chi connectivity index (χ1) is 17.2. The zero-order chi connectivity index (χ0) is 29.4. The lowest BCUT2D eigenvalue weighted by Gasteiger charge is -2.33. The van der Waals surface area contributed by atoms with E-state index in [4.69, 9.17) is 4.74 Å². The van der Waals surface area contributed by atoms with Gasteiger partial charge < -0.3 is 4.74 Å². The van der Waals surface area contributed by atoms with E-state index in [-0.39, 0.29) is 17.6 Å². The molecule has 2 rings (SSSR count). The van der Waals surface area contributed by atoms with E-state index in [1.807, 2.05) is 0 Å². The highest BCUT2D eigenvalue weighted by Crippen LogP contribution is 2.55. The smallest absolute Gasteiger partial charge is 0.361 e. The Labute approximate surface area is 213 Å². The summed E-state index contributed by atoms with van der Waals surface area (Å²) in [5.41, 5.74) is -15.1. The molecule has 38 heavy (non-hydrogen) atoms. The second kappa shape index (κ2) is 10.6. The highest BCUT2D eigenvalue weighted by molar-refractivity contribution is 9.10. The maximum absolute atomic E-state index is 14.6. The Kier molecular flexibility index (Phi) is 8.72. The van der Waals surface area contributed by atoms with Gasteiger partial charge in [0.15, 0.2) is 0 Å². The molecule has 0 saturated carbocycles. The zero-order valence-electron chi connectivity index (χ0n) is 18.4. The fourth-order valence-electron chi connectivity index (χ4n) is 3.16. The summed E-state index contributed by atoms with van der Waals surface area (Å²) in [6, 6.07) is 0.956. The molecule has 0 aliphatic carbocycles. The van der Waals surface area contributed by atoms with Crippen LogP contribution < -0.4 is 4.90 Å². The van der Waals surface area contributed by atoms with Crippen molar-refractivity contribution >= 4 is 33.2 Å². The molecule has 0 fully saturated rings. The number of alkyl halides is 10. The molecule has 0 aliphatic heterocycles. The highest BCUT2D eigenvalue weighted by atomic mass is 79.9. The van der Waals surface area contributed by atoms with Crippen molar-refractivity contribution in [3.63, 3.8) is 0 Å². The van der Waals surface area contributed by atoms with Crippen LogP contribution in [0.4, 0.5) is 59.7 Å². The topological polar surface area (TPSA) is 72.7 Å². The van der Waals surface area contributed by atoms with E-state index in [0.717, 1.165) is 6.07 Å². The Bertz CT molecular complexity index is 1220. The number of benzene rings is 2. The Morgan fingerprint density at radius 3 is 2.03 bits per heavy atom. The Morgan fingerprint density at radius 1 is 1.03 bits per heavy atom. The number of amides is 1. The average molecular weight is 633 g/mol. The van der Waals surface area contributed by atoms with Crippen molar-refractivity contribution < 1.29 is 62.7 Å². The molecule has 0 unspecified atom stereocenters. The minimum absolute atomic E-state index is 0.0383. The minimum atomic E-state index is -6.76. The van der Waals surface area contributed by atoms with Crippen molar-refractivity contribution in [2.75, 3.05) is 18.2 Å². The van der Waals surface area contributed by atoms with Crippen LogP contribution in [0.15, 0.2) is 34.8 Å². The summed E-state index contributed by atoms with van der Waals surface area (Å²) in [6.07, 6.45) is -19.3. The third kappa shape index (κ3) is 5.69. The van der Waals surface area contributed by atoms with Crippen LogP contribution >= 0.6 is 15.9 Å². The SMILES string of the molecule is CCOCN(C(=O)c1cccc([N+](=O)[O-])c1F)c1c(Br)cc(C(F)(C(F)(F)F)C(F)(F)F)cc1C(F)(F)F. The fraction of sp³-hybridized carbons (Fsp3) is 0.350. The molecule has 0 N–H and O–H groups in total. The molecule has 0 saturated heterocycles. The predicted molar refractivity (Wildman–Crippen MR) is 110 cm³/mol. The lowest BCUT2D eigenvalue weighted by atomic mass is 9.91. The van der Waals surface area contributed by atoms with Crippen LogP contribution in [0.2, 0.25) is 0 Å². The monoisotopic (exact) mass is 632 g/mol. The molecule has 18 heteroatoms. The van der Waals surface area contributed by atoms with Crippen molar-refractivity contribution in [2.45, 2.75) is 31.1 Å². The van der Waals surface area contributed by atoms with Crippen molar-refractivity contribution in [2.24, 2.45) is 0 Å². The van der Waals surface area contributed by atoms with Gasteiger partial charge in [-0.1, -0.05) is 6.07 Å². The summed E-state index contributed by atoms with van der Waals surface area (Å²) < 4.78 is 154. The van der Waals surface area contributed by atoms with Gasteiger partial charge in [-0.2, -0.15) is 43.9 Å². The number of ether oxygens (including phenoxy) is 1. The Balaban J connectivity index is 2.92. The first-order valence-electron chi connectivity index (χ1n) is 9.76. The Morgan fingerprint density at radius 2 is 1.58 bits per heavy atom. The predicted octanol–water partition coefficient (Wildman–Crippen LogP) is 7.45. The lowest BCUT2D eigenvalue weighted by Crippen LogP contribution is -2.50. The molecule has 0 spiro atoms. The molecular weight excluding hydrogens is 621 g/mol. The molecule has 0 aliphatic rings. The van der Waals surface area contributed by atoms with Gasteiger partial charge in [0.05, 0.1) is 21.7 Å². The van der Waals surface area contributed by atoms with Gasteiger partial charge in [0.25, 0.3) is 5.91 Å². The van der Waals surface area contributed by atoms with Crippen molar-refractivity contribution in [3.05, 3.63) is 67.4 Å². The van der Waals surface area contributed by atoms with Gasteiger partial charge in [0.2, 0.25) is 5.82 Å². The third-order valence-electron chi connectivity index (χ3n) is 4.89. The number of anilines is 1. The standard InChI is InChI=1S/C20H12BrF11N2O4/c1-2-38-8-33(16(35)10-4-3-5-13(14(10)22)34(36)37)15-11(18(24,25)26)6-9(7-12(15)21)17(23,19(27,28)29)20(30,31)32/h3-7H,2,8H2,1H3. The van der Waals surface area contributed by atoms with Crippen molar-refractivity contribution in [3.8, 4) is 0 Å². The summed E-state index contributed by atoms with van der Waals surface area (Å²) in [7, 11) is 0. The second-order valence-electron chi connectivity index (χ2n) is 7.26. The van der Waals surface area contributed by atoms with E-state index in [9.17, 15) is 63.2 Å². The quantitative estimate of drug-likeness (QED) is 0.138. The maximum Gasteiger partial charge on any atom is 0.435 e. The van der Waals surface area contributed by atoms with E-state index >= 15 is 0 Å². The molecule has 2 aromatic carbocycles. The zero-order valence-corrected chi connectivity index (χ0v) is 19.9. The summed E-state index contributed by atoms with van der Waals surface area (Å²) in [4.78, 5) is 22.7. The number of carbonyl (C=O) groups excluding carboxylic acids is 1. The van der Waals surface area contributed by atoms with Gasteiger partial charge in [0, 0.05) is 22.7 Å². The molecule has 0 bridgehead atoms. The Hall–Kier alpha value is -3.02. The summed E-state index contributed by atoms with van der Waals surface area (Å²) >= 11 is 2.35. The average Bonchev–Trinajstić information content (AvgIpc) is 2.76. The third-order valence-corrected chi connectivity index (χ3v) is 5.50. The van der Waals surface area contributed by atoms with Crippen LogP contribution in [-0.4, -0.2) is 36.5 Å². The molecule has 6 nitrogen and oxygen atoms in total. The van der Waals surface area contributed by atoms with Gasteiger partial charge >= 0.3 is 29.9 Å². The number of nitro benzene ring substituents is 1. The number of carbonyl (C=O) groups is 1. The van der Waals surface area contributed by atoms with Gasteiger partial charge in [-0.15, -0.1) is 0 Å². The maximum atomic E-state index is 14.6. The minimum Gasteiger partial charge on any atom is -0.361 e. The molecule has 1 amide bonds. The van der Waals surface area contributed by atoms with Crippen LogP contribution in [0.1, 0.15) is 28.4 Å². The highest BCUT2D eigenvalue weighted by Gasteiger charge is 2.73. The first-order valence-corrected chi connectivity index (χ1v) is 10.6. The molecule has 0 aromatic heterocycles. The lowest BCUT2D eigenvalue weighted by molar-refractivity contribution is -0.387. The van der Waals surface area contributed by atoms with Crippen LogP contribution in [-0.2, 0) is 16.6 Å². The summed E-state index contributed by atoms with van der Waals surface area (Å²) in [5, 5.41) is 11.0. The van der Waals surface area contributed by atoms with Gasteiger partial charge in [-0.25, -0.2) is 4.39 Å². The number of hydrogen-bond donors (Lipinski definition) is 0. The van der Waals surface area contributed by atoms with E-state index in [2.05, 4.69) is 15.9 Å². The first kappa shape index (κ1) is 31.2. The number of nitrogens with zero attached hydrogens (tertiary/aromatic N) is 2. The van der Waals surface area contributed by atoms with Gasteiger partial charge in [-0.3, -0.25) is 19.8 Å². The molecule has 0 heterocycles. The van der Waals surface area contributed by atoms with Crippen LogP contribution in [0, 0.1) is 15.9 Å². The number of hydrogen-bond acceptors (Lipinski definition) is 4. The number of rotatable bonds is 7. The molecular formula is C20H12BrF11N2O4. The normalized spacial score (nSPS) is 13.0. The van der Waals surface area contributed by atoms with Gasteiger partial charge in [0.1, 0.15) is 6.73 Å². The second-order valence-corrected chi connectivity index (χ2v) is 8.11. The molecule has 210 valence electrons. The molecule has 0 atom stereocenters. The van der Waals surface area contributed by atoms with E-state index < -0.39 is 86.2 Å². The van der Waals surface area contributed by atoms with Crippen molar-refractivity contribution in [1.29, 1.82) is 0 Å². The fourth-order valence-corrected chi connectivity index (χ4v) is 3.83. The summed E-state index contributed by atoms with van der Waals surface area (Å²) in [5.74, 6) is -3.56. The molecule has 2 aromatic rings. The number of halogens is 12. The van der Waals surface area contributed by atoms with E-state index in [1.54, 1.807) is 0 Å². The van der Waals surface area contributed by atoms with Gasteiger partial charge in [-0.05, 0) is 41.1 Å². The van der Waals surface area contributed by atoms with Crippen LogP contribution in [0.5, 0.6) is 0 Å².